The fourth-order valence-corrected chi connectivity index (χ4v) is 2.47. The molecule has 20 heavy (non-hydrogen) atoms. The number of carbonyl (C=O) groups excluding carboxylic acids is 1. The molecule has 1 aromatic heterocycles. The number of carbonyl (C=O) groups is 1. The van der Waals surface area contributed by atoms with Gasteiger partial charge in [0, 0.05) is 0 Å². The quantitative estimate of drug-likeness (QED) is 0.911. The van der Waals surface area contributed by atoms with Crippen molar-refractivity contribution in [3.8, 4) is 5.69 Å². The van der Waals surface area contributed by atoms with E-state index < -0.39 is 5.91 Å². The van der Waals surface area contributed by atoms with Gasteiger partial charge in [0.15, 0.2) is 0 Å². The van der Waals surface area contributed by atoms with Crippen LogP contribution in [0.25, 0.3) is 5.69 Å². The van der Waals surface area contributed by atoms with E-state index in [4.69, 9.17) is 23.1 Å². The molecule has 2 rings (SSSR count). The Balaban J connectivity index is 2.77. The summed E-state index contributed by atoms with van der Waals surface area (Å²) in [5.74, 6) is -0.330. The molecule has 6 heteroatoms. The minimum Gasteiger partial charge on any atom is -0.383 e. The first-order valence-electron chi connectivity index (χ1n) is 6.28. The molecule has 106 valence electrons. The number of halogens is 1. The lowest BCUT2D eigenvalue weighted by Gasteiger charge is -2.09. The first-order chi connectivity index (χ1) is 9.34. The van der Waals surface area contributed by atoms with E-state index in [0.29, 0.717) is 16.4 Å². The topological polar surface area (TPSA) is 86.9 Å². The Bertz CT molecular complexity index is 656. The Hall–Kier alpha value is -2.01. The highest BCUT2D eigenvalue weighted by Gasteiger charge is 2.24. The van der Waals surface area contributed by atoms with E-state index in [1.807, 2.05) is 32.9 Å². The molecule has 5 nitrogen and oxygen atoms in total. The normalized spacial score (nSPS) is 11.1. The molecule has 1 heterocycles. The average Bonchev–Trinajstić information content (AvgIpc) is 2.67. The van der Waals surface area contributed by atoms with Gasteiger partial charge in [0.1, 0.15) is 11.4 Å². The van der Waals surface area contributed by atoms with Crippen molar-refractivity contribution in [3.63, 3.8) is 0 Å². The van der Waals surface area contributed by atoms with E-state index in [1.165, 1.54) is 4.68 Å². The molecule has 1 aromatic carbocycles. The lowest BCUT2D eigenvalue weighted by Crippen LogP contribution is -2.15. The van der Waals surface area contributed by atoms with E-state index in [9.17, 15) is 4.79 Å². The molecule has 0 aliphatic carbocycles. The first-order valence-corrected chi connectivity index (χ1v) is 6.66. The van der Waals surface area contributed by atoms with Gasteiger partial charge in [0.25, 0.3) is 5.91 Å². The van der Waals surface area contributed by atoms with Crippen molar-refractivity contribution in [1.82, 2.24) is 9.78 Å². The maximum Gasteiger partial charge on any atom is 0.254 e. The molecule has 4 N–H and O–H groups in total. The Morgan fingerprint density at radius 2 is 2.05 bits per heavy atom. The van der Waals surface area contributed by atoms with Gasteiger partial charge in [-0.1, -0.05) is 37.6 Å². The summed E-state index contributed by atoms with van der Waals surface area (Å²) < 4.78 is 1.49. The number of nitrogen functional groups attached to an aromatic ring is 1. The van der Waals surface area contributed by atoms with Gasteiger partial charge in [-0.25, -0.2) is 4.68 Å². The van der Waals surface area contributed by atoms with Crippen LogP contribution in [-0.4, -0.2) is 15.7 Å². The van der Waals surface area contributed by atoms with Gasteiger partial charge >= 0.3 is 0 Å². The molecule has 0 aliphatic rings. The van der Waals surface area contributed by atoms with Crippen molar-refractivity contribution in [2.24, 2.45) is 5.73 Å². The molecule has 0 spiro atoms. The molecule has 1 amide bonds. The van der Waals surface area contributed by atoms with Gasteiger partial charge < -0.3 is 11.5 Å². The maximum absolute atomic E-state index is 11.6. The van der Waals surface area contributed by atoms with Gasteiger partial charge in [-0.15, -0.1) is 0 Å². The lowest BCUT2D eigenvalue weighted by atomic mass is 10.1. The molecule has 0 saturated heterocycles. The number of amides is 1. The van der Waals surface area contributed by atoms with Crippen molar-refractivity contribution in [3.05, 3.63) is 40.0 Å². The van der Waals surface area contributed by atoms with Crippen LogP contribution in [0.4, 0.5) is 5.82 Å². The van der Waals surface area contributed by atoms with E-state index in [1.54, 1.807) is 6.07 Å². The molecule has 0 unspecified atom stereocenters. The van der Waals surface area contributed by atoms with Gasteiger partial charge in [-0.3, -0.25) is 4.79 Å². The summed E-state index contributed by atoms with van der Waals surface area (Å²) >= 11 is 6.22. The number of para-hydroxylation sites is 1. The minimum atomic E-state index is -0.581. The number of aromatic nitrogens is 2. The number of nitrogens with zero attached hydrogens (tertiary/aromatic N) is 2. The van der Waals surface area contributed by atoms with Crippen LogP contribution in [-0.2, 0) is 0 Å². The van der Waals surface area contributed by atoms with Crippen LogP contribution in [0.2, 0.25) is 5.02 Å². The zero-order valence-corrected chi connectivity index (χ0v) is 12.4. The summed E-state index contributed by atoms with van der Waals surface area (Å²) in [5.41, 5.74) is 13.9. The fraction of sp³-hybridized carbons (Fsp3) is 0.286. The number of rotatable bonds is 3. The van der Waals surface area contributed by atoms with Crippen molar-refractivity contribution in [2.45, 2.75) is 26.7 Å². The highest BCUT2D eigenvalue weighted by Crippen LogP contribution is 2.30. The Morgan fingerprint density at radius 1 is 1.40 bits per heavy atom. The molecule has 0 fully saturated rings. The largest absolute Gasteiger partial charge is 0.383 e. The second-order valence-corrected chi connectivity index (χ2v) is 5.39. The third-order valence-corrected chi connectivity index (χ3v) is 3.45. The number of nitrogens with two attached hydrogens (primary N) is 2. The predicted molar refractivity (Wildman–Crippen MR) is 80.3 cm³/mol. The van der Waals surface area contributed by atoms with Crippen molar-refractivity contribution in [2.75, 3.05) is 5.73 Å². The number of aryl methyl sites for hydroxylation is 1. The number of anilines is 1. The molecule has 0 radical (unpaired) electrons. The highest BCUT2D eigenvalue weighted by atomic mass is 35.5. The lowest BCUT2D eigenvalue weighted by molar-refractivity contribution is 0.1000. The Morgan fingerprint density at radius 3 is 2.50 bits per heavy atom. The van der Waals surface area contributed by atoms with Gasteiger partial charge in [-0.05, 0) is 24.5 Å². The molecular weight excluding hydrogens is 276 g/mol. The third-order valence-electron chi connectivity index (χ3n) is 3.14. The van der Waals surface area contributed by atoms with Gasteiger partial charge in [-0.2, -0.15) is 5.10 Å². The van der Waals surface area contributed by atoms with Crippen molar-refractivity contribution in [1.29, 1.82) is 0 Å². The second-order valence-electron chi connectivity index (χ2n) is 4.98. The smallest absolute Gasteiger partial charge is 0.254 e. The van der Waals surface area contributed by atoms with E-state index in [0.717, 1.165) is 5.56 Å². The summed E-state index contributed by atoms with van der Waals surface area (Å²) in [4.78, 5) is 11.6. The summed E-state index contributed by atoms with van der Waals surface area (Å²) in [7, 11) is 0. The Labute approximate surface area is 122 Å². The number of hydrogen-bond donors (Lipinski definition) is 2. The van der Waals surface area contributed by atoms with Crippen molar-refractivity contribution >= 4 is 23.3 Å². The predicted octanol–water partition coefficient (Wildman–Crippen LogP) is 2.64. The fourth-order valence-electron chi connectivity index (χ4n) is 2.17. The summed E-state index contributed by atoms with van der Waals surface area (Å²) in [6.45, 7) is 5.76. The summed E-state index contributed by atoms with van der Waals surface area (Å²) in [6.07, 6.45) is 0. The van der Waals surface area contributed by atoms with E-state index in [-0.39, 0.29) is 17.3 Å². The molecule has 0 atom stereocenters. The molecular formula is C14H17ClN4O. The van der Waals surface area contributed by atoms with E-state index >= 15 is 0 Å². The van der Waals surface area contributed by atoms with Gasteiger partial charge in [0.05, 0.1) is 16.4 Å². The van der Waals surface area contributed by atoms with Crippen LogP contribution in [0.3, 0.4) is 0 Å². The SMILES string of the molecule is Cc1cccc(Cl)c1-n1nc(C(C)C)c(C(N)=O)c1N. The second kappa shape index (κ2) is 5.17. The van der Waals surface area contributed by atoms with Crippen LogP contribution < -0.4 is 11.5 Å². The summed E-state index contributed by atoms with van der Waals surface area (Å²) in [5, 5.41) is 4.95. The molecule has 0 aliphatic heterocycles. The van der Waals surface area contributed by atoms with Crippen LogP contribution in [0.1, 0.15) is 41.4 Å². The monoisotopic (exact) mass is 292 g/mol. The highest BCUT2D eigenvalue weighted by molar-refractivity contribution is 6.32. The number of primary amides is 1. The molecule has 2 aromatic rings. The van der Waals surface area contributed by atoms with Gasteiger partial charge in [0.2, 0.25) is 0 Å². The first kappa shape index (κ1) is 14.4. The van der Waals surface area contributed by atoms with Crippen LogP contribution >= 0.6 is 11.6 Å². The molecule has 0 bridgehead atoms. The number of benzene rings is 1. The minimum absolute atomic E-state index is 0.0313. The van der Waals surface area contributed by atoms with E-state index in [2.05, 4.69) is 5.10 Å². The maximum atomic E-state index is 11.6. The zero-order valence-electron chi connectivity index (χ0n) is 11.6. The average molecular weight is 293 g/mol. The third kappa shape index (κ3) is 2.25. The van der Waals surface area contributed by atoms with Crippen LogP contribution in [0.15, 0.2) is 18.2 Å². The Kier molecular flexibility index (Phi) is 3.72. The zero-order chi connectivity index (χ0) is 15.0. The van der Waals surface area contributed by atoms with Crippen molar-refractivity contribution < 1.29 is 4.79 Å². The summed E-state index contributed by atoms with van der Waals surface area (Å²) in [6, 6.07) is 5.50. The van der Waals surface area contributed by atoms with Crippen LogP contribution in [0, 0.1) is 6.92 Å². The standard InChI is InChI=1S/C14H17ClN4O/c1-7(2)11-10(14(17)20)13(16)19(18-11)12-8(3)5-4-6-9(12)15/h4-7H,16H2,1-3H3,(H2,17,20). The molecule has 0 saturated carbocycles. The number of hydrogen-bond acceptors (Lipinski definition) is 3. The van der Waals surface area contributed by atoms with Crippen LogP contribution in [0.5, 0.6) is 0 Å².